The van der Waals surface area contributed by atoms with E-state index in [-0.39, 0.29) is 0 Å². The molecule has 0 aliphatic carbocycles. The molecule has 0 radical (unpaired) electrons. The van der Waals surface area contributed by atoms with E-state index < -0.39 is 0 Å². The fourth-order valence-electron chi connectivity index (χ4n) is 4.53. The lowest BCUT2D eigenvalue weighted by Gasteiger charge is -1.96. The van der Waals surface area contributed by atoms with Crippen molar-refractivity contribution in [2.24, 2.45) is 0 Å². The van der Waals surface area contributed by atoms with Gasteiger partial charge in [-0.05, 0) is 62.4 Å². The molecule has 0 amide bonds. The van der Waals surface area contributed by atoms with Crippen molar-refractivity contribution in [1.82, 2.24) is 9.97 Å². The van der Waals surface area contributed by atoms with E-state index in [0.29, 0.717) is 0 Å². The number of nitrogens with zero attached hydrogens (tertiary/aromatic N) is 2. The largest absolute Gasteiger partial charge is 0.456 e. The first-order valence-electron chi connectivity index (χ1n) is 10.8. The quantitative estimate of drug-likeness (QED) is 0.280. The summed E-state index contributed by atoms with van der Waals surface area (Å²) in [6.45, 7) is 3.95. The summed E-state index contributed by atoms with van der Waals surface area (Å²) in [6.07, 6.45) is 3.60. The van der Waals surface area contributed by atoms with Crippen molar-refractivity contribution >= 4 is 43.9 Å². The van der Waals surface area contributed by atoms with E-state index in [9.17, 15) is 0 Å². The van der Waals surface area contributed by atoms with Crippen LogP contribution in [0.5, 0.6) is 0 Å². The zero-order valence-electron chi connectivity index (χ0n) is 18.0. The maximum absolute atomic E-state index is 6.20. The summed E-state index contributed by atoms with van der Waals surface area (Å²) in [4.78, 5) is 8.55. The molecule has 0 bridgehead atoms. The van der Waals surface area contributed by atoms with Crippen molar-refractivity contribution in [2.75, 3.05) is 0 Å². The summed E-state index contributed by atoms with van der Waals surface area (Å²) in [6, 6.07) is 20.3. The highest BCUT2D eigenvalue weighted by molar-refractivity contribution is 6.13. The average molecular weight is 430 g/mol. The minimum atomic E-state index is 0.793. The molecular formula is C28H18N2O3. The second kappa shape index (κ2) is 6.56. The van der Waals surface area contributed by atoms with Crippen LogP contribution in [0.3, 0.4) is 0 Å². The van der Waals surface area contributed by atoms with Crippen LogP contribution in [-0.2, 0) is 0 Å². The van der Waals surface area contributed by atoms with E-state index in [0.717, 1.165) is 77.9 Å². The molecule has 0 aliphatic heterocycles. The van der Waals surface area contributed by atoms with Gasteiger partial charge in [0.25, 0.3) is 0 Å². The zero-order chi connectivity index (χ0) is 22.1. The first kappa shape index (κ1) is 18.2. The third-order valence-corrected chi connectivity index (χ3v) is 6.11. The van der Waals surface area contributed by atoms with E-state index in [4.69, 9.17) is 13.3 Å². The maximum Gasteiger partial charge on any atom is 0.139 e. The van der Waals surface area contributed by atoms with Crippen LogP contribution in [0.25, 0.3) is 66.5 Å². The predicted molar refractivity (Wildman–Crippen MR) is 129 cm³/mol. The predicted octanol–water partition coefficient (Wildman–Crippen LogP) is 7.82. The van der Waals surface area contributed by atoms with Gasteiger partial charge in [-0.15, -0.1) is 0 Å². The second-order valence-electron chi connectivity index (χ2n) is 8.47. The number of pyridine rings is 2. The van der Waals surface area contributed by atoms with Gasteiger partial charge in [-0.3, -0.25) is 9.97 Å². The maximum atomic E-state index is 6.20. The van der Waals surface area contributed by atoms with E-state index in [1.807, 2.05) is 50.2 Å². The summed E-state index contributed by atoms with van der Waals surface area (Å²) in [5.41, 5.74) is 7.12. The van der Waals surface area contributed by atoms with Crippen LogP contribution in [0.4, 0.5) is 0 Å². The third-order valence-electron chi connectivity index (χ3n) is 6.11. The van der Waals surface area contributed by atoms with E-state index >= 15 is 0 Å². The number of fused-ring (bicyclic) bond motifs is 5. The molecule has 0 saturated carbocycles. The van der Waals surface area contributed by atoms with Crippen molar-refractivity contribution in [1.29, 1.82) is 0 Å². The van der Waals surface area contributed by atoms with Crippen LogP contribution in [0.2, 0.25) is 0 Å². The monoisotopic (exact) mass is 430 g/mol. The van der Waals surface area contributed by atoms with Crippen LogP contribution < -0.4 is 0 Å². The van der Waals surface area contributed by atoms with Crippen molar-refractivity contribution in [3.63, 3.8) is 0 Å². The number of hydrogen-bond donors (Lipinski definition) is 0. The molecule has 0 aliphatic rings. The van der Waals surface area contributed by atoms with Gasteiger partial charge in [0, 0.05) is 68.6 Å². The Morgan fingerprint density at radius 2 is 1.00 bits per heavy atom. The molecular weight excluding hydrogens is 412 g/mol. The van der Waals surface area contributed by atoms with Crippen molar-refractivity contribution in [3.05, 3.63) is 84.4 Å². The molecule has 2 aromatic carbocycles. The molecule has 0 N–H and O–H groups in total. The highest BCUT2D eigenvalue weighted by atomic mass is 16.4. The molecule has 0 fully saturated rings. The van der Waals surface area contributed by atoms with Gasteiger partial charge in [0.15, 0.2) is 0 Å². The fourth-order valence-corrected chi connectivity index (χ4v) is 4.53. The van der Waals surface area contributed by atoms with Gasteiger partial charge in [0.05, 0.1) is 0 Å². The molecule has 7 aromatic rings. The highest BCUT2D eigenvalue weighted by Gasteiger charge is 2.15. The van der Waals surface area contributed by atoms with Crippen molar-refractivity contribution in [2.45, 2.75) is 13.8 Å². The molecule has 158 valence electrons. The summed E-state index contributed by atoms with van der Waals surface area (Å²) in [5.74, 6) is 1.64. The van der Waals surface area contributed by atoms with Gasteiger partial charge in [0.2, 0.25) is 0 Å². The number of furan rings is 3. The average Bonchev–Trinajstić information content (AvgIpc) is 3.50. The van der Waals surface area contributed by atoms with Gasteiger partial charge in [-0.2, -0.15) is 0 Å². The molecule has 0 spiro atoms. The number of rotatable bonds is 2. The van der Waals surface area contributed by atoms with Gasteiger partial charge >= 0.3 is 0 Å². The third kappa shape index (κ3) is 2.86. The number of aromatic nitrogens is 2. The Bertz CT molecular complexity index is 1720. The smallest absolute Gasteiger partial charge is 0.139 e. The molecule has 0 atom stereocenters. The lowest BCUT2D eigenvalue weighted by molar-refractivity contribution is 0.625. The van der Waals surface area contributed by atoms with Gasteiger partial charge in [-0.25, -0.2) is 0 Å². The highest BCUT2D eigenvalue weighted by Crippen LogP contribution is 2.38. The number of aryl methyl sites for hydroxylation is 2. The van der Waals surface area contributed by atoms with Crippen LogP contribution in [-0.4, -0.2) is 9.97 Å². The van der Waals surface area contributed by atoms with Crippen LogP contribution in [0.1, 0.15) is 11.4 Å². The fraction of sp³-hybridized carbons (Fsp3) is 0.0714. The molecule has 5 heterocycles. The lowest BCUT2D eigenvalue weighted by atomic mass is 10.1. The van der Waals surface area contributed by atoms with E-state index in [1.165, 1.54) is 0 Å². The topological polar surface area (TPSA) is 65.2 Å². The summed E-state index contributed by atoms with van der Waals surface area (Å²) in [7, 11) is 0. The van der Waals surface area contributed by atoms with Crippen LogP contribution in [0, 0.1) is 13.8 Å². The number of benzene rings is 2. The van der Waals surface area contributed by atoms with E-state index in [2.05, 4.69) is 34.2 Å². The first-order chi connectivity index (χ1) is 16.1. The molecule has 7 rings (SSSR count). The Hall–Kier alpha value is -4.38. The summed E-state index contributed by atoms with van der Waals surface area (Å²) < 4.78 is 18.5. The molecule has 33 heavy (non-hydrogen) atoms. The van der Waals surface area contributed by atoms with Crippen LogP contribution in [0.15, 0.2) is 86.3 Å². The second-order valence-corrected chi connectivity index (χ2v) is 8.47. The standard InChI is InChI=1S/C28H18N2O3/c1-15-7-17(3-5-29-15)23-11-19-9-21-22-10-20-12-24(18-4-6-30-16(2)8-18)32-26(20)14-28(22)33-27(21)13-25(19)31-23/h3-14H,1-2H3. The Balaban J connectivity index is 1.40. The Morgan fingerprint density at radius 3 is 1.45 bits per heavy atom. The SMILES string of the molecule is Cc1cc(-c2cc3cc4c(cc3o2)oc2cc3oc(-c5ccnc(C)c5)cc3cc24)ccn1. The molecule has 5 nitrogen and oxygen atoms in total. The Labute approximate surface area is 188 Å². The molecule has 0 saturated heterocycles. The normalized spacial score (nSPS) is 11.9. The molecule has 5 heteroatoms. The Morgan fingerprint density at radius 1 is 0.515 bits per heavy atom. The van der Waals surface area contributed by atoms with Gasteiger partial charge in [-0.1, -0.05) is 0 Å². The van der Waals surface area contributed by atoms with Gasteiger partial charge < -0.3 is 13.3 Å². The van der Waals surface area contributed by atoms with Crippen LogP contribution >= 0.6 is 0 Å². The summed E-state index contributed by atoms with van der Waals surface area (Å²) in [5, 5.41) is 4.19. The minimum Gasteiger partial charge on any atom is -0.456 e. The zero-order valence-corrected chi connectivity index (χ0v) is 18.0. The first-order valence-corrected chi connectivity index (χ1v) is 10.8. The lowest BCUT2D eigenvalue weighted by Crippen LogP contribution is -1.80. The Kier molecular flexibility index (Phi) is 3.62. The number of hydrogen-bond acceptors (Lipinski definition) is 5. The minimum absolute atomic E-state index is 0.793. The van der Waals surface area contributed by atoms with Crippen molar-refractivity contribution < 1.29 is 13.3 Å². The molecule has 0 unspecified atom stereocenters. The molecule has 5 aromatic heterocycles. The van der Waals surface area contributed by atoms with E-state index in [1.54, 1.807) is 12.4 Å². The van der Waals surface area contributed by atoms with Crippen molar-refractivity contribution in [3.8, 4) is 22.6 Å². The van der Waals surface area contributed by atoms with Gasteiger partial charge in [0.1, 0.15) is 33.9 Å². The summed E-state index contributed by atoms with van der Waals surface area (Å²) >= 11 is 0.